The predicted molar refractivity (Wildman–Crippen MR) is 80.5 cm³/mol. The zero-order valence-electron chi connectivity index (χ0n) is 11.5. The summed E-state index contributed by atoms with van der Waals surface area (Å²) >= 11 is 0. The second kappa shape index (κ2) is 6.06. The number of aldehydes is 1. The van der Waals surface area contributed by atoms with E-state index in [1.165, 1.54) is 25.9 Å². The molecule has 1 aliphatic heterocycles. The summed E-state index contributed by atoms with van der Waals surface area (Å²) in [5, 5.41) is 2.03. The van der Waals surface area contributed by atoms with Crippen LogP contribution in [-0.4, -0.2) is 37.4 Å². The summed E-state index contributed by atoms with van der Waals surface area (Å²) in [6.07, 6.45) is 3.47. The molecule has 0 spiro atoms. The normalized spacial score (nSPS) is 15.6. The monoisotopic (exact) mass is 269 g/mol. The van der Waals surface area contributed by atoms with Crippen molar-refractivity contribution in [2.75, 3.05) is 26.2 Å². The van der Waals surface area contributed by atoms with Crippen LogP contribution in [0.15, 0.2) is 36.4 Å². The Morgan fingerprint density at radius 3 is 2.70 bits per heavy atom. The highest BCUT2D eigenvalue weighted by Crippen LogP contribution is 2.26. The third-order valence-electron chi connectivity index (χ3n) is 3.91. The van der Waals surface area contributed by atoms with Crippen LogP contribution in [0, 0.1) is 0 Å². The molecule has 0 aromatic heterocycles. The van der Waals surface area contributed by atoms with E-state index in [0.29, 0.717) is 17.9 Å². The highest BCUT2D eigenvalue weighted by atomic mass is 16.5. The Morgan fingerprint density at radius 1 is 1.10 bits per heavy atom. The van der Waals surface area contributed by atoms with Gasteiger partial charge in [-0.1, -0.05) is 30.3 Å². The topological polar surface area (TPSA) is 29.5 Å². The molecule has 0 saturated carbocycles. The number of rotatable bonds is 5. The van der Waals surface area contributed by atoms with Crippen molar-refractivity contribution in [3.8, 4) is 5.75 Å². The van der Waals surface area contributed by atoms with E-state index in [2.05, 4.69) is 4.90 Å². The van der Waals surface area contributed by atoms with Crippen LogP contribution >= 0.6 is 0 Å². The summed E-state index contributed by atoms with van der Waals surface area (Å²) in [6.45, 7) is 3.91. The molecule has 20 heavy (non-hydrogen) atoms. The molecule has 3 nitrogen and oxygen atoms in total. The van der Waals surface area contributed by atoms with Gasteiger partial charge in [0.05, 0.1) is 5.56 Å². The van der Waals surface area contributed by atoms with Gasteiger partial charge in [0.2, 0.25) is 0 Å². The van der Waals surface area contributed by atoms with Crippen molar-refractivity contribution in [1.82, 2.24) is 4.90 Å². The first kappa shape index (κ1) is 13.1. The van der Waals surface area contributed by atoms with Crippen molar-refractivity contribution in [2.45, 2.75) is 12.8 Å². The average Bonchev–Trinajstić information content (AvgIpc) is 3.00. The number of benzene rings is 2. The zero-order valence-corrected chi connectivity index (χ0v) is 11.5. The number of ether oxygens (including phenoxy) is 1. The number of likely N-dealkylation sites (tertiary alicyclic amines) is 1. The summed E-state index contributed by atoms with van der Waals surface area (Å²) in [4.78, 5) is 13.8. The highest BCUT2D eigenvalue weighted by molar-refractivity contribution is 6.00. The SMILES string of the molecule is O=Cc1c(OCCN2CCCC2)ccc2ccccc12. The van der Waals surface area contributed by atoms with Gasteiger partial charge in [0.15, 0.2) is 6.29 Å². The molecular formula is C17H19NO2. The molecular weight excluding hydrogens is 250 g/mol. The Kier molecular flexibility index (Phi) is 3.97. The second-order valence-electron chi connectivity index (χ2n) is 5.21. The fourth-order valence-electron chi connectivity index (χ4n) is 2.81. The standard InChI is InChI=1S/C17H19NO2/c19-13-16-15-6-2-1-5-14(15)7-8-17(16)20-12-11-18-9-3-4-10-18/h1-2,5-8,13H,3-4,9-12H2. The third kappa shape index (κ3) is 2.68. The lowest BCUT2D eigenvalue weighted by Gasteiger charge is -2.16. The minimum atomic E-state index is 0.638. The largest absolute Gasteiger partial charge is 0.491 e. The Labute approximate surface area is 119 Å². The van der Waals surface area contributed by atoms with E-state index in [1.54, 1.807) is 0 Å². The molecule has 104 valence electrons. The van der Waals surface area contributed by atoms with Crippen molar-refractivity contribution in [2.24, 2.45) is 0 Å². The number of fused-ring (bicyclic) bond motifs is 1. The maximum Gasteiger partial charge on any atom is 0.154 e. The molecule has 0 unspecified atom stereocenters. The quantitative estimate of drug-likeness (QED) is 0.781. The van der Waals surface area contributed by atoms with E-state index in [4.69, 9.17) is 4.74 Å². The van der Waals surface area contributed by atoms with Gasteiger partial charge in [0.25, 0.3) is 0 Å². The average molecular weight is 269 g/mol. The second-order valence-corrected chi connectivity index (χ2v) is 5.21. The fraction of sp³-hybridized carbons (Fsp3) is 0.353. The van der Waals surface area contributed by atoms with Crippen LogP contribution < -0.4 is 4.74 Å². The lowest BCUT2D eigenvalue weighted by atomic mass is 10.0. The van der Waals surface area contributed by atoms with Crippen molar-refractivity contribution in [3.63, 3.8) is 0 Å². The Morgan fingerprint density at radius 2 is 1.90 bits per heavy atom. The minimum absolute atomic E-state index is 0.638. The van der Waals surface area contributed by atoms with Crippen LogP contribution in [0.25, 0.3) is 10.8 Å². The minimum Gasteiger partial charge on any atom is -0.491 e. The van der Waals surface area contributed by atoms with E-state index in [0.717, 1.165) is 23.6 Å². The van der Waals surface area contributed by atoms with Crippen molar-refractivity contribution >= 4 is 17.1 Å². The number of hydrogen-bond acceptors (Lipinski definition) is 3. The molecule has 0 bridgehead atoms. The third-order valence-corrected chi connectivity index (χ3v) is 3.91. The molecule has 0 N–H and O–H groups in total. The molecule has 3 heteroatoms. The maximum absolute atomic E-state index is 11.4. The Balaban J connectivity index is 1.75. The number of carbonyl (C=O) groups excluding carboxylic acids is 1. The highest BCUT2D eigenvalue weighted by Gasteiger charge is 2.12. The molecule has 0 amide bonds. The lowest BCUT2D eigenvalue weighted by Crippen LogP contribution is -2.25. The predicted octanol–water partition coefficient (Wildman–Crippen LogP) is 3.13. The number of nitrogens with zero attached hydrogens (tertiary/aromatic N) is 1. The molecule has 0 radical (unpaired) electrons. The van der Waals surface area contributed by atoms with Gasteiger partial charge in [-0.15, -0.1) is 0 Å². The molecule has 2 aromatic carbocycles. The van der Waals surface area contributed by atoms with Gasteiger partial charge in [-0.25, -0.2) is 0 Å². The van der Waals surface area contributed by atoms with E-state index in [-0.39, 0.29) is 0 Å². The van der Waals surface area contributed by atoms with E-state index in [1.807, 2.05) is 36.4 Å². The molecule has 2 aromatic rings. The van der Waals surface area contributed by atoms with Crippen molar-refractivity contribution in [3.05, 3.63) is 42.0 Å². The summed E-state index contributed by atoms with van der Waals surface area (Å²) < 4.78 is 5.83. The van der Waals surface area contributed by atoms with Gasteiger partial charge in [-0.2, -0.15) is 0 Å². The van der Waals surface area contributed by atoms with Crippen LogP contribution in [0.1, 0.15) is 23.2 Å². The first-order chi connectivity index (χ1) is 9.88. The zero-order chi connectivity index (χ0) is 13.8. The molecule has 1 fully saturated rings. The Bertz CT molecular complexity index is 603. The van der Waals surface area contributed by atoms with Crippen LogP contribution in [-0.2, 0) is 0 Å². The van der Waals surface area contributed by atoms with E-state index in [9.17, 15) is 4.79 Å². The first-order valence-corrected chi connectivity index (χ1v) is 7.20. The smallest absolute Gasteiger partial charge is 0.154 e. The van der Waals surface area contributed by atoms with Gasteiger partial charge in [0.1, 0.15) is 12.4 Å². The summed E-state index contributed by atoms with van der Waals surface area (Å²) in [5.41, 5.74) is 0.657. The Hall–Kier alpha value is -1.87. The fourth-order valence-corrected chi connectivity index (χ4v) is 2.81. The number of carbonyl (C=O) groups is 1. The summed E-state index contributed by atoms with van der Waals surface area (Å²) in [7, 11) is 0. The lowest BCUT2D eigenvalue weighted by molar-refractivity contribution is 0.112. The van der Waals surface area contributed by atoms with Crippen LogP contribution in [0.4, 0.5) is 0 Å². The van der Waals surface area contributed by atoms with Crippen LogP contribution in [0.3, 0.4) is 0 Å². The molecule has 1 saturated heterocycles. The summed E-state index contributed by atoms with van der Waals surface area (Å²) in [5.74, 6) is 0.692. The van der Waals surface area contributed by atoms with E-state index < -0.39 is 0 Å². The van der Waals surface area contributed by atoms with Gasteiger partial charge in [-0.3, -0.25) is 9.69 Å². The van der Waals surface area contributed by atoms with E-state index >= 15 is 0 Å². The van der Waals surface area contributed by atoms with Crippen LogP contribution in [0.2, 0.25) is 0 Å². The van der Waals surface area contributed by atoms with Gasteiger partial charge in [-0.05, 0) is 42.8 Å². The summed E-state index contributed by atoms with van der Waals surface area (Å²) in [6, 6.07) is 11.8. The van der Waals surface area contributed by atoms with Gasteiger partial charge < -0.3 is 4.74 Å². The molecule has 0 aliphatic carbocycles. The van der Waals surface area contributed by atoms with Crippen LogP contribution in [0.5, 0.6) is 5.75 Å². The number of hydrogen-bond donors (Lipinski definition) is 0. The molecule has 1 aliphatic rings. The van der Waals surface area contributed by atoms with Gasteiger partial charge >= 0.3 is 0 Å². The molecule has 3 rings (SSSR count). The molecule has 1 heterocycles. The van der Waals surface area contributed by atoms with Crippen molar-refractivity contribution < 1.29 is 9.53 Å². The maximum atomic E-state index is 11.4. The van der Waals surface area contributed by atoms with Crippen molar-refractivity contribution in [1.29, 1.82) is 0 Å². The first-order valence-electron chi connectivity index (χ1n) is 7.20. The molecule has 0 atom stereocenters. The van der Waals surface area contributed by atoms with Gasteiger partial charge in [0, 0.05) is 6.54 Å².